The molecule has 2 amide bonds. The van der Waals surface area contributed by atoms with Crippen LogP contribution in [-0.2, 0) is 13.2 Å². The molecule has 0 spiro atoms. The summed E-state index contributed by atoms with van der Waals surface area (Å²) < 4.78 is 34.9. The normalized spacial score (nSPS) is 18.2. The molecule has 37 heavy (non-hydrogen) atoms. The zero-order chi connectivity index (χ0) is 26.1. The molecule has 2 bridgehead atoms. The van der Waals surface area contributed by atoms with Gasteiger partial charge in [-0.2, -0.15) is 0 Å². The molecular formula is C28H25F2N3O4. The number of benzene rings is 2. The molecule has 0 saturated heterocycles. The van der Waals surface area contributed by atoms with Crippen LogP contribution in [-0.4, -0.2) is 33.9 Å². The van der Waals surface area contributed by atoms with Crippen molar-refractivity contribution in [2.45, 2.75) is 38.6 Å². The molecule has 0 radical (unpaired) electrons. The second-order valence-electron chi connectivity index (χ2n) is 9.17. The Morgan fingerprint density at radius 2 is 1.92 bits per heavy atom. The number of nitrogens with one attached hydrogen (secondary N) is 1. The lowest BCUT2D eigenvalue weighted by Gasteiger charge is -2.37. The number of aromatic nitrogens is 1. The fraction of sp³-hybridized carbons (Fsp3) is 0.250. The van der Waals surface area contributed by atoms with E-state index in [-0.39, 0.29) is 53.7 Å². The first-order valence-electron chi connectivity index (χ1n) is 12.0. The van der Waals surface area contributed by atoms with Crippen LogP contribution in [0, 0.1) is 11.6 Å². The minimum Gasteiger partial charge on any atom is -0.483 e. The molecule has 0 aliphatic carbocycles. The van der Waals surface area contributed by atoms with Crippen LogP contribution in [0.25, 0.3) is 0 Å². The molecule has 2 aliphatic heterocycles. The molecular weight excluding hydrogens is 480 g/mol. The number of halogens is 2. The fourth-order valence-electron chi connectivity index (χ4n) is 4.68. The van der Waals surface area contributed by atoms with E-state index < -0.39 is 23.0 Å². The second kappa shape index (κ2) is 10.0. The molecule has 190 valence electrons. The number of carbonyl (C=O) groups is 2. The zero-order valence-corrected chi connectivity index (χ0v) is 20.1. The first-order chi connectivity index (χ1) is 17.8. The highest BCUT2D eigenvalue weighted by Gasteiger charge is 2.38. The largest absolute Gasteiger partial charge is 0.483 e. The number of fused-ring (bicyclic) bond motifs is 4. The van der Waals surface area contributed by atoms with Crippen LogP contribution in [0.5, 0.6) is 5.75 Å². The minimum atomic E-state index is -0.806. The smallest absolute Gasteiger partial charge is 0.275 e. The third-order valence-electron chi connectivity index (χ3n) is 6.70. The Hall–Kier alpha value is -4.27. The first kappa shape index (κ1) is 24.4. The summed E-state index contributed by atoms with van der Waals surface area (Å²) >= 11 is 0. The Labute approximate surface area is 212 Å². The minimum absolute atomic E-state index is 0.0285. The molecule has 3 heterocycles. The molecule has 7 nitrogen and oxygen atoms in total. The maximum Gasteiger partial charge on any atom is 0.275 e. The van der Waals surface area contributed by atoms with Crippen LogP contribution in [0.4, 0.5) is 8.78 Å². The van der Waals surface area contributed by atoms with Crippen molar-refractivity contribution >= 4 is 11.8 Å². The zero-order valence-electron chi connectivity index (χ0n) is 20.1. The van der Waals surface area contributed by atoms with Gasteiger partial charge in [0.1, 0.15) is 23.8 Å². The number of ether oxygens (including phenoxy) is 1. The van der Waals surface area contributed by atoms with Crippen molar-refractivity contribution in [1.29, 1.82) is 0 Å². The molecule has 0 saturated carbocycles. The number of hydrogen-bond donors (Lipinski definition) is 1. The lowest BCUT2D eigenvalue weighted by molar-refractivity contribution is 0.0626. The Morgan fingerprint density at radius 3 is 2.68 bits per heavy atom. The van der Waals surface area contributed by atoms with Crippen molar-refractivity contribution in [3.63, 3.8) is 0 Å². The van der Waals surface area contributed by atoms with Crippen LogP contribution in [0.15, 0.2) is 71.7 Å². The van der Waals surface area contributed by atoms with Gasteiger partial charge in [0, 0.05) is 37.0 Å². The number of rotatable bonds is 6. The van der Waals surface area contributed by atoms with Crippen molar-refractivity contribution < 1.29 is 23.1 Å². The van der Waals surface area contributed by atoms with Gasteiger partial charge in [0.2, 0.25) is 5.43 Å². The Bertz CT molecular complexity index is 1450. The van der Waals surface area contributed by atoms with E-state index in [1.165, 1.54) is 12.3 Å². The van der Waals surface area contributed by atoms with E-state index in [9.17, 15) is 23.2 Å². The molecule has 1 N–H and O–H groups in total. The predicted molar refractivity (Wildman–Crippen MR) is 132 cm³/mol. The molecule has 2 atom stereocenters. The highest BCUT2D eigenvalue weighted by atomic mass is 19.1. The Kier molecular flexibility index (Phi) is 6.60. The average molecular weight is 506 g/mol. The van der Waals surface area contributed by atoms with Gasteiger partial charge in [0.25, 0.3) is 11.8 Å². The SMILES string of the molecule is CC1C=CCC2CN1C(=O)c1c(OCc3ccccc3)c(=O)c(C(=O)NCc3ccc(F)cc3F)cn12. The van der Waals surface area contributed by atoms with Gasteiger partial charge in [0.15, 0.2) is 11.4 Å². The Balaban J connectivity index is 1.54. The number of pyridine rings is 1. The summed E-state index contributed by atoms with van der Waals surface area (Å²) in [4.78, 5) is 41.9. The van der Waals surface area contributed by atoms with Crippen molar-refractivity contribution in [1.82, 2.24) is 14.8 Å². The van der Waals surface area contributed by atoms with Crippen LogP contribution in [0.2, 0.25) is 0 Å². The number of hydrogen-bond acceptors (Lipinski definition) is 4. The third kappa shape index (κ3) is 4.76. The summed E-state index contributed by atoms with van der Waals surface area (Å²) in [6.07, 6.45) is 5.91. The van der Waals surface area contributed by atoms with Crippen molar-refractivity contribution in [3.05, 3.63) is 111 Å². The summed E-state index contributed by atoms with van der Waals surface area (Å²) in [5.41, 5.74) is 0.0131. The lowest BCUT2D eigenvalue weighted by atomic mass is 10.1. The number of allylic oxidation sites excluding steroid dienone is 1. The molecule has 9 heteroatoms. The van der Waals surface area contributed by atoms with E-state index >= 15 is 0 Å². The molecule has 0 fully saturated rings. The highest BCUT2D eigenvalue weighted by Crippen LogP contribution is 2.32. The summed E-state index contributed by atoms with van der Waals surface area (Å²) in [5, 5.41) is 2.53. The van der Waals surface area contributed by atoms with Gasteiger partial charge in [-0.05, 0) is 25.0 Å². The molecule has 2 unspecified atom stereocenters. The van der Waals surface area contributed by atoms with Crippen LogP contribution in [0.3, 0.4) is 0 Å². The van der Waals surface area contributed by atoms with Crippen molar-refractivity contribution in [2.75, 3.05) is 6.54 Å². The predicted octanol–water partition coefficient (Wildman–Crippen LogP) is 3.98. The quantitative estimate of drug-likeness (QED) is 0.514. The van der Waals surface area contributed by atoms with E-state index in [1.807, 2.05) is 49.4 Å². The van der Waals surface area contributed by atoms with Crippen LogP contribution < -0.4 is 15.5 Å². The number of amides is 2. The summed E-state index contributed by atoms with van der Waals surface area (Å²) in [6, 6.07) is 11.9. The highest BCUT2D eigenvalue weighted by molar-refractivity contribution is 5.99. The molecule has 2 aliphatic rings. The summed E-state index contributed by atoms with van der Waals surface area (Å²) in [5.74, 6) is -2.83. The van der Waals surface area contributed by atoms with E-state index in [1.54, 1.807) is 9.47 Å². The van der Waals surface area contributed by atoms with Gasteiger partial charge in [0.05, 0.1) is 6.04 Å². The molecule has 3 aromatic rings. The lowest BCUT2D eigenvalue weighted by Crippen LogP contribution is -2.47. The third-order valence-corrected chi connectivity index (χ3v) is 6.70. The molecule has 2 aromatic carbocycles. The molecule has 5 rings (SSSR count). The van der Waals surface area contributed by atoms with Gasteiger partial charge < -0.3 is 19.5 Å². The Morgan fingerprint density at radius 1 is 1.14 bits per heavy atom. The topological polar surface area (TPSA) is 80.6 Å². The average Bonchev–Trinajstić information content (AvgIpc) is 3.06. The van der Waals surface area contributed by atoms with Gasteiger partial charge >= 0.3 is 0 Å². The summed E-state index contributed by atoms with van der Waals surface area (Å²) in [7, 11) is 0. The maximum absolute atomic E-state index is 14.1. The summed E-state index contributed by atoms with van der Waals surface area (Å²) in [6.45, 7) is 2.11. The standard InChI is InChI=1S/C28H25F2N3O4/c1-17-6-5-9-21-14-32(17)28(36)24-26(37-16-18-7-3-2-4-8-18)25(34)22(15-33(21)24)27(35)31-13-19-10-11-20(29)12-23(19)30/h2-8,10-12,15,17,21H,9,13-14,16H2,1H3,(H,31,35). The number of nitrogens with zero attached hydrogens (tertiary/aromatic N) is 2. The maximum atomic E-state index is 14.1. The first-order valence-corrected chi connectivity index (χ1v) is 12.0. The van der Waals surface area contributed by atoms with Crippen LogP contribution in [0.1, 0.15) is 51.4 Å². The monoisotopic (exact) mass is 505 g/mol. The van der Waals surface area contributed by atoms with E-state index in [4.69, 9.17) is 4.74 Å². The fourth-order valence-corrected chi connectivity index (χ4v) is 4.68. The second-order valence-corrected chi connectivity index (χ2v) is 9.17. The van der Waals surface area contributed by atoms with Gasteiger partial charge in [-0.3, -0.25) is 14.4 Å². The van der Waals surface area contributed by atoms with E-state index in [2.05, 4.69) is 5.32 Å². The van der Waals surface area contributed by atoms with Crippen molar-refractivity contribution in [2.24, 2.45) is 0 Å². The van der Waals surface area contributed by atoms with Gasteiger partial charge in [-0.25, -0.2) is 8.78 Å². The van der Waals surface area contributed by atoms with Crippen LogP contribution >= 0.6 is 0 Å². The number of carbonyl (C=O) groups excluding carboxylic acids is 2. The van der Waals surface area contributed by atoms with E-state index in [0.29, 0.717) is 13.0 Å². The molecule has 1 aromatic heterocycles. The van der Waals surface area contributed by atoms with E-state index in [0.717, 1.165) is 17.7 Å². The van der Waals surface area contributed by atoms with Gasteiger partial charge in [-0.15, -0.1) is 0 Å². The van der Waals surface area contributed by atoms with Gasteiger partial charge in [-0.1, -0.05) is 48.6 Å². The van der Waals surface area contributed by atoms with Crippen molar-refractivity contribution in [3.8, 4) is 5.75 Å².